The SMILES string of the molecule is O=C(CSc1nnc(-c2ccccc2F)n1Cc1ccccc1)NC(=O)NC1CC1. The van der Waals surface area contributed by atoms with Gasteiger partial charge in [0.2, 0.25) is 5.91 Å². The Morgan fingerprint density at radius 3 is 2.53 bits per heavy atom. The van der Waals surface area contributed by atoms with Crippen LogP contribution in [0.2, 0.25) is 0 Å². The van der Waals surface area contributed by atoms with Crippen molar-refractivity contribution in [3.05, 3.63) is 66.0 Å². The van der Waals surface area contributed by atoms with Gasteiger partial charge in [0.25, 0.3) is 0 Å². The van der Waals surface area contributed by atoms with Crippen LogP contribution in [0.1, 0.15) is 18.4 Å². The maximum Gasteiger partial charge on any atom is 0.321 e. The fourth-order valence-corrected chi connectivity index (χ4v) is 3.63. The molecule has 2 N–H and O–H groups in total. The van der Waals surface area contributed by atoms with Gasteiger partial charge in [-0.1, -0.05) is 54.2 Å². The number of hydrogen-bond donors (Lipinski definition) is 2. The number of imide groups is 1. The van der Waals surface area contributed by atoms with Gasteiger partial charge in [0.05, 0.1) is 17.9 Å². The summed E-state index contributed by atoms with van der Waals surface area (Å²) in [5, 5.41) is 13.8. The highest BCUT2D eigenvalue weighted by molar-refractivity contribution is 7.99. The highest BCUT2D eigenvalue weighted by Crippen LogP contribution is 2.27. The summed E-state index contributed by atoms with van der Waals surface area (Å²) in [6.07, 6.45) is 1.88. The predicted molar refractivity (Wildman–Crippen MR) is 111 cm³/mol. The van der Waals surface area contributed by atoms with Gasteiger partial charge in [0.15, 0.2) is 11.0 Å². The van der Waals surface area contributed by atoms with Crippen LogP contribution < -0.4 is 10.6 Å². The number of benzene rings is 2. The first-order chi connectivity index (χ1) is 14.6. The Labute approximate surface area is 177 Å². The Morgan fingerprint density at radius 1 is 1.07 bits per heavy atom. The van der Waals surface area contributed by atoms with Crippen LogP contribution in [0.15, 0.2) is 59.8 Å². The Bertz CT molecular complexity index is 1050. The molecule has 0 unspecified atom stereocenters. The summed E-state index contributed by atoms with van der Waals surface area (Å²) in [6, 6.07) is 15.7. The Morgan fingerprint density at radius 2 is 1.80 bits per heavy atom. The summed E-state index contributed by atoms with van der Waals surface area (Å²) < 4.78 is 16.1. The number of urea groups is 1. The molecule has 0 bridgehead atoms. The standard InChI is InChI=1S/C21H20FN5O2S/c22-17-9-5-4-8-16(17)19-25-26-21(27(19)12-14-6-2-1-3-7-14)30-13-18(28)24-20(29)23-15-10-11-15/h1-9,15H,10-13H2,(H2,23,24,28,29). The second-order valence-electron chi connectivity index (χ2n) is 6.94. The number of hydrogen-bond acceptors (Lipinski definition) is 5. The van der Waals surface area contributed by atoms with Crippen molar-refractivity contribution in [2.45, 2.75) is 30.6 Å². The maximum atomic E-state index is 14.4. The third kappa shape index (κ3) is 5.04. The van der Waals surface area contributed by atoms with E-state index in [0.29, 0.717) is 23.1 Å². The minimum atomic E-state index is -0.485. The van der Waals surface area contributed by atoms with Gasteiger partial charge in [-0.25, -0.2) is 9.18 Å². The van der Waals surface area contributed by atoms with Crippen molar-refractivity contribution in [1.29, 1.82) is 0 Å². The molecule has 0 saturated heterocycles. The van der Waals surface area contributed by atoms with E-state index >= 15 is 0 Å². The molecule has 9 heteroatoms. The smallest absolute Gasteiger partial charge is 0.321 e. The molecule has 3 amide bonds. The number of carbonyl (C=O) groups is 2. The maximum absolute atomic E-state index is 14.4. The zero-order valence-corrected chi connectivity index (χ0v) is 16.9. The van der Waals surface area contributed by atoms with E-state index in [1.807, 2.05) is 30.3 Å². The third-order valence-corrected chi connectivity index (χ3v) is 5.48. The molecule has 0 aliphatic heterocycles. The fourth-order valence-electron chi connectivity index (χ4n) is 2.89. The fraction of sp³-hybridized carbons (Fsp3) is 0.238. The Hall–Kier alpha value is -3.20. The third-order valence-electron chi connectivity index (χ3n) is 4.51. The molecule has 0 atom stereocenters. The second-order valence-corrected chi connectivity index (χ2v) is 7.88. The lowest BCUT2D eigenvalue weighted by Gasteiger charge is -2.11. The van der Waals surface area contributed by atoms with E-state index in [1.165, 1.54) is 6.07 Å². The summed E-state index contributed by atoms with van der Waals surface area (Å²) in [5.41, 5.74) is 1.33. The lowest BCUT2D eigenvalue weighted by Crippen LogP contribution is -2.41. The van der Waals surface area contributed by atoms with Crippen molar-refractivity contribution in [2.75, 3.05) is 5.75 Å². The number of thioether (sulfide) groups is 1. The zero-order valence-electron chi connectivity index (χ0n) is 16.0. The van der Waals surface area contributed by atoms with Gasteiger partial charge in [-0.05, 0) is 30.5 Å². The van der Waals surface area contributed by atoms with Gasteiger partial charge in [-0.15, -0.1) is 10.2 Å². The van der Waals surface area contributed by atoms with E-state index in [0.717, 1.165) is 30.2 Å². The first-order valence-electron chi connectivity index (χ1n) is 9.55. The molecule has 3 aromatic rings. The van der Waals surface area contributed by atoms with Crippen molar-refractivity contribution in [2.24, 2.45) is 0 Å². The summed E-state index contributed by atoms with van der Waals surface area (Å²) >= 11 is 1.15. The number of amides is 3. The molecule has 1 aliphatic carbocycles. The summed E-state index contributed by atoms with van der Waals surface area (Å²) in [5.74, 6) is -0.459. The van der Waals surface area contributed by atoms with Crippen molar-refractivity contribution >= 4 is 23.7 Å². The minimum absolute atomic E-state index is 0.0116. The van der Waals surface area contributed by atoms with E-state index in [4.69, 9.17) is 0 Å². The van der Waals surface area contributed by atoms with Gasteiger partial charge in [0, 0.05) is 6.04 Å². The normalized spacial score (nSPS) is 13.1. The number of nitrogens with zero attached hydrogens (tertiary/aromatic N) is 3. The first-order valence-corrected chi connectivity index (χ1v) is 10.5. The summed E-state index contributed by atoms with van der Waals surface area (Å²) in [4.78, 5) is 23.8. The second kappa shape index (κ2) is 9.08. The Kier molecular flexibility index (Phi) is 6.08. The lowest BCUT2D eigenvalue weighted by molar-refractivity contribution is -0.117. The van der Waals surface area contributed by atoms with Crippen LogP contribution in [0.25, 0.3) is 11.4 Å². The van der Waals surface area contributed by atoms with Gasteiger partial charge in [0.1, 0.15) is 5.82 Å². The van der Waals surface area contributed by atoms with Crippen LogP contribution in [0, 0.1) is 5.82 Å². The topological polar surface area (TPSA) is 88.9 Å². The molecule has 7 nitrogen and oxygen atoms in total. The molecule has 1 fully saturated rings. The molecule has 1 aromatic heterocycles. The van der Waals surface area contributed by atoms with E-state index in [2.05, 4.69) is 20.8 Å². The predicted octanol–water partition coefficient (Wildman–Crippen LogP) is 3.21. The lowest BCUT2D eigenvalue weighted by atomic mass is 10.2. The number of aromatic nitrogens is 3. The van der Waals surface area contributed by atoms with Crippen LogP contribution in [-0.2, 0) is 11.3 Å². The van der Waals surface area contributed by atoms with Crippen LogP contribution in [-0.4, -0.2) is 38.5 Å². The van der Waals surface area contributed by atoms with Crippen molar-refractivity contribution < 1.29 is 14.0 Å². The highest BCUT2D eigenvalue weighted by Gasteiger charge is 2.24. The molecule has 154 valence electrons. The van der Waals surface area contributed by atoms with Crippen molar-refractivity contribution in [3.63, 3.8) is 0 Å². The van der Waals surface area contributed by atoms with E-state index in [9.17, 15) is 14.0 Å². The van der Waals surface area contributed by atoms with Gasteiger partial charge < -0.3 is 5.32 Å². The van der Waals surface area contributed by atoms with E-state index in [-0.39, 0.29) is 11.8 Å². The molecular weight excluding hydrogens is 405 g/mol. The zero-order chi connectivity index (χ0) is 20.9. The van der Waals surface area contributed by atoms with Gasteiger partial charge in [-0.3, -0.25) is 14.7 Å². The first kappa shape index (κ1) is 20.1. The van der Waals surface area contributed by atoms with E-state index in [1.54, 1.807) is 22.8 Å². The largest absolute Gasteiger partial charge is 0.335 e. The molecule has 4 rings (SSSR count). The van der Waals surface area contributed by atoms with Gasteiger partial charge >= 0.3 is 6.03 Å². The molecule has 0 radical (unpaired) electrons. The molecule has 1 aliphatic rings. The average molecular weight is 425 g/mol. The Balaban J connectivity index is 1.52. The average Bonchev–Trinajstić information content (AvgIpc) is 3.46. The number of carbonyl (C=O) groups excluding carboxylic acids is 2. The number of halogens is 1. The van der Waals surface area contributed by atoms with Gasteiger partial charge in [-0.2, -0.15) is 0 Å². The molecule has 30 heavy (non-hydrogen) atoms. The van der Waals surface area contributed by atoms with Crippen molar-refractivity contribution in [3.8, 4) is 11.4 Å². The van der Waals surface area contributed by atoms with Crippen LogP contribution in [0.3, 0.4) is 0 Å². The molecule has 1 saturated carbocycles. The van der Waals surface area contributed by atoms with E-state index < -0.39 is 17.8 Å². The molecule has 2 aromatic carbocycles. The minimum Gasteiger partial charge on any atom is -0.335 e. The van der Waals surface area contributed by atoms with Crippen molar-refractivity contribution in [1.82, 2.24) is 25.4 Å². The van der Waals surface area contributed by atoms with Crippen LogP contribution in [0.5, 0.6) is 0 Å². The van der Waals surface area contributed by atoms with Crippen LogP contribution in [0.4, 0.5) is 9.18 Å². The molecule has 0 spiro atoms. The van der Waals surface area contributed by atoms with Crippen LogP contribution >= 0.6 is 11.8 Å². The quantitative estimate of drug-likeness (QED) is 0.568. The monoisotopic (exact) mass is 425 g/mol. The molecular formula is C21H20FN5O2S. The summed E-state index contributed by atoms with van der Waals surface area (Å²) in [6.45, 7) is 0.420. The number of nitrogens with one attached hydrogen (secondary N) is 2. The molecule has 1 heterocycles. The highest BCUT2D eigenvalue weighted by atomic mass is 32.2. The number of rotatable bonds is 7. The summed E-state index contributed by atoms with van der Waals surface area (Å²) in [7, 11) is 0.